The van der Waals surface area contributed by atoms with Crippen LogP contribution in [0.3, 0.4) is 0 Å². The number of nitrogens with one attached hydrogen (secondary N) is 1. The van der Waals surface area contributed by atoms with Crippen LogP contribution in [0.5, 0.6) is 0 Å². The second kappa shape index (κ2) is 9.36. The third-order valence-electron chi connectivity index (χ3n) is 5.56. The van der Waals surface area contributed by atoms with Crippen molar-refractivity contribution in [2.75, 3.05) is 26.2 Å². The van der Waals surface area contributed by atoms with Crippen LogP contribution < -0.4 is 5.32 Å². The fourth-order valence-corrected chi connectivity index (χ4v) is 3.86. The van der Waals surface area contributed by atoms with Crippen molar-refractivity contribution in [3.8, 4) is 6.07 Å². The zero-order valence-corrected chi connectivity index (χ0v) is 16.0. The molecule has 1 N–H and O–H groups in total. The normalized spacial score (nSPS) is 20.1. The Balaban J connectivity index is 1.40. The first-order chi connectivity index (χ1) is 13.6. The molecule has 1 unspecified atom stereocenters. The van der Waals surface area contributed by atoms with Crippen molar-refractivity contribution in [2.45, 2.75) is 32.2 Å². The molecule has 3 rings (SSSR count). The molecule has 1 aromatic carbocycles. The van der Waals surface area contributed by atoms with Crippen molar-refractivity contribution in [2.24, 2.45) is 11.8 Å². The van der Waals surface area contributed by atoms with Crippen LogP contribution in [-0.4, -0.2) is 53.7 Å². The first-order valence-electron chi connectivity index (χ1n) is 9.81. The Kier molecular flexibility index (Phi) is 6.64. The van der Waals surface area contributed by atoms with E-state index >= 15 is 0 Å². The van der Waals surface area contributed by atoms with E-state index < -0.39 is 0 Å². The van der Waals surface area contributed by atoms with E-state index in [1.807, 2.05) is 36.4 Å². The molecule has 1 aromatic rings. The standard InChI is InChI=1S/C21H26N4O3/c22-9-6-19(26)24-10-7-16(8-11-24)13-23-21(28)18-12-20(27)25(15-18)14-17-4-2-1-3-5-17/h1-5,16,18H,6-8,10-15H2,(H,23,28). The van der Waals surface area contributed by atoms with E-state index in [-0.39, 0.29) is 36.5 Å². The van der Waals surface area contributed by atoms with Gasteiger partial charge in [-0.25, -0.2) is 0 Å². The van der Waals surface area contributed by atoms with Crippen LogP contribution >= 0.6 is 0 Å². The molecule has 0 saturated carbocycles. The third kappa shape index (κ3) is 5.10. The van der Waals surface area contributed by atoms with Gasteiger partial charge in [-0.1, -0.05) is 30.3 Å². The highest BCUT2D eigenvalue weighted by Gasteiger charge is 2.34. The van der Waals surface area contributed by atoms with Crippen molar-refractivity contribution in [3.05, 3.63) is 35.9 Å². The molecule has 2 saturated heterocycles. The fourth-order valence-electron chi connectivity index (χ4n) is 3.86. The smallest absolute Gasteiger partial charge is 0.236 e. The number of nitriles is 1. The minimum absolute atomic E-state index is 0.0216. The molecule has 7 heteroatoms. The zero-order chi connectivity index (χ0) is 19.9. The summed E-state index contributed by atoms with van der Waals surface area (Å²) < 4.78 is 0. The maximum atomic E-state index is 12.5. The number of benzene rings is 1. The van der Waals surface area contributed by atoms with Gasteiger partial charge in [0.1, 0.15) is 6.42 Å². The lowest BCUT2D eigenvalue weighted by molar-refractivity contribution is -0.132. The SMILES string of the molecule is N#CCC(=O)N1CCC(CNC(=O)C2CC(=O)N(Cc3ccccc3)C2)CC1. The Morgan fingerprint density at radius 2 is 1.89 bits per heavy atom. The van der Waals surface area contributed by atoms with Gasteiger partial charge in [-0.2, -0.15) is 5.26 Å². The molecule has 0 aromatic heterocycles. The van der Waals surface area contributed by atoms with E-state index in [0.717, 1.165) is 18.4 Å². The minimum Gasteiger partial charge on any atom is -0.356 e. The van der Waals surface area contributed by atoms with Gasteiger partial charge < -0.3 is 15.1 Å². The maximum Gasteiger partial charge on any atom is 0.236 e. The van der Waals surface area contributed by atoms with Gasteiger partial charge in [-0.05, 0) is 24.3 Å². The molecule has 28 heavy (non-hydrogen) atoms. The molecule has 148 valence electrons. The Morgan fingerprint density at radius 1 is 1.18 bits per heavy atom. The Hall–Kier alpha value is -2.88. The highest BCUT2D eigenvalue weighted by molar-refractivity contribution is 5.89. The molecular formula is C21H26N4O3. The zero-order valence-electron chi connectivity index (χ0n) is 16.0. The topological polar surface area (TPSA) is 93.5 Å². The highest BCUT2D eigenvalue weighted by Crippen LogP contribution is 2.21. The largest absolute Gasteiger partial charge is 0.356 e. The van der Waals surface area contributed by atoms with Crippen LogP contribution in [0.25, 0.3) is 0 Å². The lowest BCUT2D eigenvalue weighted by Gasteiger charge is -2.31. The van der Waals surface area contributed by atoms with Gasteiger partial charge in [-0.3, -0.25) is 14.4 Å². The summed E-state index contributed by atoms with van der Waals surface area (Å²) in [5.41, 5.74) is 1.06. The molecule has 2 aliphatic rings. The molecule has 2 fully saturated rings. The predicted octanol–water partition coefficient (Wildman–Crippen LogP) is 1.30. The van der Waals surface area contributed by atoms with Crippen molar-refractivity contribution in [1.29, 1.82) is 5.26 Å². The maximum absolute atomic E-state index is 12.5. The molecule has 1 atom stereocenters. The summed E-state index contributed by atoms with van der Waals surface area (Å²) in [7, 11) is 0. The summed E-state index contributed by atoms with van der Waals surface area (Å²) in [6, 6.07) is 11.7. The minimum atomic E-state index is -0.298. The number of hydrogen-bond acceptors (Lipinski definition) is 4. The highest BCUT2D eigenvalue weighted by atomic mass is 16.2. The average molecular weight is 382 g/mol. The molecule has 0 bridgehead atoms. The van der Waals surface area contributed by atoms with Gasteiger partial charge in [0.05, 0.1) is 12.0 Å². The summed E-state index contributed by atoms with van der Waals surface area (Å²) in [4.78, 5) is 39.9. The number of nitrogens with zero attached hydrogens (tertiary/aromatic N) is 3. The van der Waals surface area contributed by atoms with E-state index in [9.17, 15) is 14.4 Å². The summed E-state index contributed by atoms with van der Waals surface area (Å²) in [6.45, 7) is 2.84. The fraction of sp³-hybridized carbons (Fsp3) is 0.524. The molecule has 2 heterocycles. The molecule has 3 amide bonds. The summed E-state index contributed by atoms with van der Waals surface area (Å²) in [5.74, 6) is -0.130. The summed E-state index contributed by atoms with van der Waals surface area (Å²) in [5, 5.41) is 11.6. The van der Waals surface area contributed by atoms with Crippen LogP contribution in [0.1, 0.15) is 31.2 Å². The van der Waals surface area contributed by atoms with Crippen LogP contribution in [0.15, 0.2) is 30.3 Å². The van der Waals surface area contributed by atoms with Gasteiger partial charge in [0, 0.05) is 39.1 Å². The second-order valence-corrected chi connectivity index (χ2v) is 7.57. The van der Waals surface area contributed by atoms with Gasteiger partial charge in [0.15, 0.2) is 0 Å². The van der Waals surface area contributed by atoms with Gasteiger partial charge in [0.2, 0.25) is 17.7 Å². The van der Waals surface area contributed by atoms with Gasteiger partial charge in [0.25, 0.3) is 0 Å². The predicted molar refractivity (Wildman–Crippen MR) is 103 cm³/mol. The first kappa shape index (κ1) is 19.9. The molecule has 0 spiro atoms. The number of likely N-dealkylation sites (tertiary alicyclic amines) is 2. The van der Waals surface area contributed by atoms with E-state index in [1.54, 1.807) is 9.80 Å². The lowest BCUT2D eigenvalue weighted by atomic mass is 9.96. The van der Waals surface area contributed by atoms with Crippen LogP contribution in [0.4, 0.5) is 0 Å². The van der Waals surface area contributed by atoms with Gasteiger partial charge in [-0.15, -0.1) is 0 Å². The van der Waals surface area contributed by atoms with Crippen molar-refractivity contribution < 1.29 is 14.4 Å². The number of piperidine rings is 1. The number of carbonyl (C=O) groups is 3. The molecular weight excluding hydrogens is 356 g/mol. The second-order valence-electron chi connectivity index (χ2n) is 7.57. The monoisotopic (exact) mass is 382 g/mol. The van der Waals surface area contributed by atoms with Crippen LogP contribution in [0.2, 0.25) is 0 Å². The van der Waals surface area contributed by atoms with E-state index in [4.69, 9.17) is 5.26 Å². The summed E-state index contributed by atoms with van der Waals surface area (Å²) in [6.07, 6.45) is 1.83. The quantitative estimate of drug-likeness (QED) is 0.803. The number of hydrogen-bond donors (Lipinski definition) is 1. The van der Waals surface area contributed by atoms with Crippen molar-refractivity contribution in [1.82, 2.24) is 15.1 Å². The van der Waals surface area contributed by atoms with E-state index in [0.29, 0.717) is 38.6 Å². The first-order valence-corrected chi connectivity index (χ1v) is 9.81. The van der Waals surface area contributed by atoms with Crippen LogP contribution in [0, 0.1) is 23.2 Å². The van der Waals surface area contributed by atoms with Gasteiger partial charge >= 0.3 is 0 Å². The molecule has 2 aliphatic heterocycles. The Labute approximate surface area is 165 Å². The third-order valence-corrected chi connectivity index (χ3v) is 5.56. The lowest BCUT2D eigenvalue weighted by Crippen LogP contribution is -2.42. The number of amides is 3. The Morgan fingerprint density at radius 3 is 2.57 bits per heavy atom. The summed E-state index contributed by atoms with van der Waals surface area (Å²) >= 11 is 0. The van der Waals surface area contributed by atoms with Crippen LogP contribution in [-0.2, 0) is 20.9 Å². The average Bonchev–Trinajstić information content (AvgIpc) is 3.08. The van der Waals surface area contributed by atoms with E-state index in [1.165, 1.54) is 0 Å². The molecule has 0 aliphatic carbocycles. The number of carbonyl (C=O) groups excluding carboxylic acids is 3. The molecule has 0 radical (unpaired) electrons. The van der Waals surface area contributed by atoms with Crippen molar-refractivity contribution in [3.63, 3.8) is 0 Å². The number of rotatable bonds is 6. The van der Waals surface area contributed by atoms with Crippen molar-refractivity contribution >= 4 is 17.7 Å². The van der Waals surface area contributed by atoms with E-state index in [2.05, 4.69) is 5.32 Å². The Bertz CT molecular complexity index is 751. The molecule has 7 nitrogen and oxygen atoms in total.